The number of nitrogens with zero attached hydrogens (tertiary/aromatic N) is 3. The van der Waals surface area contributed by atoms with E-state index in [1.54, 1.807) is 0 Å². The first-order valence-corrected chi connectivity index (χ1v) is 6.13. The monoisotopic (exact) mass is 259 g/mol. The third kappa shape index (κ3) is 12.8. The first-order valence-electron chi connectivity index (χ1n) is 6.13. The highest BCUT2D eigenvalue weighted by atomic mass is 16.5. The average Bonchev–Trinajstić information content (AvgIpc) is 2.37. The first kappa shape index (κ1) is 16.7. The number of unbranched alkanes of at least 4 members (excludes halogenated alkanes) is 1. The minimum atomic E-state index is -0.229. The van der Waals surface area contributed by atoms with Gasteiger partial charge in [-0.1, -0.05) is 18.5 Å². The van der Waals surface area contributed by atoms with E-state index in [2.05, 4.69) is 10.0 Å². The Kier molecular flexibility index (Phi) is 12.8. The molecule has 0 aliphatic carbocycles. The van der Waals surface area contributed by atoms with Crippen molar-refractivity contribution in [2.45, 2.75) is 26.2 Å². The Morgan fingerprint density at radius 3 is 2.56 bits per heavy atom. The number of esters is 1. The maximum Gasteiger partial charge on any atom is 0.308 e. The van der Waals surface area contributed by atoms with E-state index in [9.17, 15) is 4.79 Å². The summed E-state index contributed by atoms with van der Waals surface area (Å²) in [4.78, 5) is 13.7. The van der Waals surface area contributed by atoms with Crippen LogP contribution in [0.25, 0.3) is 10.4 Å². The topological polar surface area (TPSA) is 93.5 Å². The van der Waals surface area contributed by atoms with Gasteiger partial charge in [0.25, 0.3) is 0 Å². The SMILES string of the molecule is CCCCOC(=O)CCOCCOCCN=[N+]=[N-]. The second kappa shape index (κ2) is 13.8. The van der Waals surface area contributed by atoms with Crippen LogP contribution in [0.2, 0.25) is 0 Å². The van der Waals surface area contributed by atoms with Crippen molar-refractivity contribution in [1.29, 1.82) is 0 Å². The largest absolute Gasteiger partial charge is 0.466 e. The molecule has 0 heterocycles. The zero-order valence-corrected chi connectivity index (χ0v) is 10.8. The van der Waals surface area contributed by atoms with Gasteiger partial charge in [0, 0.05) is 11.5 Å². The lowest BCUT2D eigenvalue weighted by atomic mass is 10.4. The fourth-order valence-corrected chi connectivity index (χ4v) is 1.03. The molecule has 0 N–H and O–H groups in total. The molecule has 0 aliphatic rings. The van der Waals surface area contributed by atoms with Gasteiger partial charge in [-0.3, -0.25) is 4.79 Å². The molecule has 7 heteroatoms. The lowest BCUT2D eigenvalue weighted by molar-refractivity contribution is -0.145. The molecule has 0 bridgehead atoms. The second-order valence-electron chi connectivity index (χ2n) is 3.50. The predicted molar refractivity (Wildman–Crippen MR) is 66.1 cm³/mol. The molecule has 0 radical (unpaired) electrons. The third-order valence-electron chi connectivity index (χ3n) is 1.98. The van der Waals surface area contributed by atoms with Gasteiger partial charge in [0.2, 0.25) is 0 Å². The summed E-state index contributed by atoms with van der Waals surface area (Å²) in [5, 5.41) is 3.32. The normalized spacial score (nSPS) is 9.83. The van der Waals surface area contributed by atoms with E-state index in [-0.39, 0.29) is 12.4 Å². The lowest BCUT2D eigenvalue weighted by Crippen LogP contribution is -2.12. The number of hydrogen-bond donors (Lipinski definition) is 0. The molecule has 0 aromatic heterocycles. The quantitative estimate of drug-likeness (QED) is 0.176. The Morgan fingerprint density at radius 1 is 1.17 bits per heavy atom. The fraction of sp³-hybridized carbons (Fsp3) is 0.909. The summed E-state index contributed by atoms with van der Waals surface area (Å²) in [5.74, 6) is -0.229. The number of carbonyl (C=O) groups is 1. The standard InChI is InChI=1S/C11H21N3O4/c1-2-3-6-18-11(15)4-7-16-9-10-17-8-5-13-14-12/h2-10H2,1H3. The van der Waals surface area contributed by atoms with Crippen LogP contribution in [-0.2, 0) is 19.0 Å². The number of hydrogen-bond acceptors (Lipinski definition) is 5. The van der Waals surface area contributed by atoms with E-state index < -0.39 is 0 Å². The van der Waals surface area contributed by atoms with Gasteiger partial charge in [-0.2, -0.15) is 0 Å². The summed E-state index contributed by atoms with van der Waals surface area (Å²) >= 11 is 0. The van der Waals surface area contributed by atoms with Crippen molar-refractivity contribution in [2.75, 3.05) is 39.6 Å². The van der Waals surface area contributed by atoms with Crippen LogP contribution in [0.5, 0.6) is 0 Å². The van der Waals surface area contributed by atoms with Gasteiger partial charge in [-0.05, 0) is 12.0 Å². The number of azide groups is 1. The number of ether oxygens (including phenoxy) is 3. The highest BCUT2D eigenvalue weighted by molar-refractivity contribution is 5.69. The van der Waals surface area contributed by atoms with Crippen molar-refractivity contribution in [3.63, 3.8) is 0 Å². The number of carbonyl (C=O) groups excluding carboxylic acids is 1. The van der Waals surface area contributed by atoms with Crippen LogP contribution < -0.4 is 0 Å². The molecule has 0 amide bonds. The zero-order valence-electron chi connectivity index (χ0n) is 10.8. The van der Waals surface area contributed by atoms with Gasteiger partial charge < -0.3 is 14.2 Å². The van der Waals surface area contributed by atoms with Crippen molar-refractivity contribution < 1.29 is 19.0 Å². The van der Waals surface area contributed by atoms with Gasteiger partial charge in [0.1, 0.15) is 0 Å². The van der Waals surface area contributed by atoms with E-state index in [4.69, 9.17) is 19.7 Å². The zero-order chi connectivity index (χ0) is 13.5. The minimum absolute atomic E-state index is 0.229. The summed E-state index contributed by atoms with van der Waals surface area (Å²) in [6, 6.07) is 0. The van der Waals surface area contributed by atoms with E-state index >= 15 is 0 Å². The molecule has 0 fully saturated rings. The summed E-state index contributed by atoms with van der Waals surface area (Å²) in [6.45, 7) is 4.40. The van der Waals surface area contributed by atoms with Crippen LogP contribution in [0.15, 0.2) is 5.11 Å². The molecule has 0 aliphatic heterocycles. The van der Waals surface area contributed by atoms with Crippen molar-refractivity contribution in [3.05, 3.63) is 10.4 Å². The third-order valence-corrected chi connectivity index (χ3v) is 1.98. The van der Waals surface area contributed by atoms with Gasteiger partial charge in [-0.25, -0.2) is 0 Å². The molecule has 0 unspecified atom stereocenters. The Balaban J connectivity index is 3.14. The molecule has 0 saturated heterocycles. The number of rotatable bonds is 12. The predicted octanol–water partition coefficient (Wildman–Crippen LogP) is 2.06. The van der Waals surface area contributed by atoms with Crippen LogP contribution in [0.3, 0.4) is 0 Å². The van der Waals surface area contributed by atoms with Gasteiger partial charge in [0.05, 0.1) is 39.5 Å². The van der Waals surface area contributed by atoms with Crippen molar-refractivity contribution in [1.82, 2.24) is 0 Å². The molecular weight excluding hydrogens is 238 g/mol. The molecule has 0 atom stereocenters. The molecule has 18 heavy (non-hydrogen) atoms. The highest BCUT2D eigenvalue weighted by Crippen LogP contribution is 1.92. The average molecular weight is 259 g/mol. The Morgan fingerprint density at radius 2 is 1.89 bits per heavy atom. The summed E-state index contributed by atoms with van der Waals surface area (Å²) in [5.41, 5.74) is 8.00. The van der Waals surface area contributed by atoms with Gasteiger partial charge in [0.15, 0.2) is 0 Å². The molecule has 0 saturated carbocycles. The van der Waals surface area contributed by atoms with Crippen molar-refractivity contribution in [3.8, 4) is 0 Å². The van der Waals surface area contributed by atoms with Crippen LogP contribution in [0.4, 0.5) is 0 Å². The molecule has 0 aromatic rings. The summed E-state index contributed by atoms with van der Waals surface area (Å²) in [7, 11) is 0. The Bertz CT molecular complexity index is 255. The van der Waals surface area contributed by atoms with Crippen LogP contribution >= 0.6 is 0 Å². The van der Waals surface area contributed by atoms with Crippen LogP contribution in [-0.4, -0.2) is 45.5 Å². The maximum absolute atomic E-state index is 11.1. The maximum atomic E-state index is 11.1. The minimum Gasteiger partial charge on any atom is -0.466 e. The summed E-state index contributed by atoms with van der Waals surface area (Å²) in [6.07, 6.45) is 2.17. The van der Waals surface area contributed by atoms with Crippen LogP contribution in [0, 0.1) is 0 Å². The van der Waals surface area contributed by atoms with Gasteiger partial charge >= 0.3 is 5.97 Å². The Labute approximate surface area is 107 Å². The van der Waals surface area contributed by atoms with Crippen molar-refractivity contribution in [2.24, 2.45) is 5.11 Å². The van der Waals surface area contributed by atoms with Crippen molar-refractivity contribution >= 4 is 5.97 Å². The second-order valence-corrected chi connectivity index (χ2v) is 3.50. The first-order chi connectivity index (χ1) is 8.81. The van der Waals surface area contributed by atoms with E-state index in [0.717, 1.165) is 12.8 Å². The molecule has 104 valence electrons. The highest BCUT2D eigenvalue weighted by Gasteiger charge is 2.01. The van der Waals surface area contributed by atoms with Crippen LogP contribution in [0.1, 0.15) is 26.2 Å². The lowest BCUT2D eigenvalue weighted by Gasteiger charge is -2.05. The molecule has 0 spiro atoms. The van der Waals surface area contributed by atoms with E-state index in [1.807, 2.05) is 6.92 Å². The Hall–Kier alpha value is -1.30. The molecular formula is C11H21N3O4. The van der Waals surface area contributed by atoms with Gasteiger partial charge in [-0.15, -0.1) is 0 Å². The smallest absolute Gasteiger partial charge is 0.308 e. The summed E-state index contributed by atoms with van der Waals surface area (Å²) < 4.78 is 15.3. The molecule has 0 aromatic carbocycles. The molecule has 0 rings (SSSR count). The fourth-order valence-electron chi connectivity index (χ4n) is 1.03. The van der Waals surface area contributed by atoms with E-state index in [0.29, 0.717) is 39.6 Å². The van der Waals surface area contributed by atoms with E-state index in [1.165, 1.54) is 0 Å². The molecule has 7 nitrogen and oxygen atoms in total.